The van der Waals surface area contributed by atoms with Crippen LogP contribution in [0.2, 0.25) is 0 Å². The molecule has 1 heterocycles. The Morgan fingerprint density at radius 1 is 1.10 bits per heavy atom. The summed E-state index contributed by atoms with van der Waals surface area (Å²) in [5.41, 5.74) is 2.36. The van der Waals surface area contributed by atoms with Gasteiger partial charge in [0, 0.05) is 24.2 Å². The minimum atomic E-state index is -0.236. The summed E-state index contributed by atoms with van der Waals surface area (Å²) in [7, 11) is 0. The van der Waals surface area contributed by atoms with Gasteiger partial charge in [-0.05, 0) is 68.1 Å². The second-order valence-corrected chi connectivity index (χ2v) is 7.38. The lowest BCUT2D eigenvalue weighted by atomic mass is 10.1. The average molecular weight is 398 g/mol. The number of carbonyl (C=O) groups is 2. The van der Waals surface area contributed by atoms with Crippen LogP contribution >= 0.6 is 0 Å². The molecule has 5 nitrogen and oxygen atoms in total. The molecule has 1 N–H and O–H groups in total. The number of anilines is 1. The van der Waals surface area contributed by atoms with Crippen LogP contribution < -0.4 is 5.32 Å². The zero-order valence-corrected chi connectivity index (χ0v) is 16.7. The van der Waals surface area contributed by atoms with Gasteiger partial charge in [0.1, 0.15) is 5.82 Å². The van der Waals surface area contributed by atoms with Crippen molar-refractivity contribution in [3.8, 4) is 0 Å². The number of carbonyl (C=O) groups excluding carboxylic acids is 2. The van der Waals surface area contributed by atoms with Gasteiger partial charge in [-0.25, -0.2) is 4.39 Å². The molecule has 6 heteroatoms. The van der Waals surface area contributed by atoms with Crippen molar-refractivity contribution in [3.63, 3.8) is 0 Å². The van der Waals surface area contributed by atoms with E-state index in [4.69, 9.17) is 4.74 Å². The third kappa shape index (κ3) is 6.12. The molecule has 0 saturated carbocycles. The number of ether oxygens (including phenoxy) is 1. The Balaban J connectivity index is 1.42. The Kier molecular flexibility index (Phi) is 7.36. The molecule has 2 aromatic carbocycles. The van der Waals surface area contributed by atoms with Crippen molar-refractivity contribution in [2.45, 2.75) is 38.6 Å². The summed E-state index contributed by atoms with van der Waals surface area (Å²) >= 11 is 0. The summed E-state index contributed by atoms with van der Waals surface area (Å²) in [5, 5.41) is 2.87. The standard InChI is InChI=1S/C23H27FN2O3/c1-17-16-29-15-14-26(17)23(28)19-8-12-21(13-9-19)25-22(27)5-3-2-4-18-6-10-20(24)11-7-18/h6-13,17H,2-5,14-16H2,1H3,(H,25,27). The Labute approximate surface area is 170 Å². The highest BCUT2D eigenvalue weighted by molar-refractivity contribution is 5.96. The summed E-state index contributed by atoms with van der Waals surface area (Å²) < 4.78 is 18.3. The summed E-state index contributed by atoms with van der Waals surface area (Å²) in [6, 6.07) is 13.5. The predicted octanol–water partition coefficient (Wildman–Crippen LogP) is 4.04. The van der Waals surface area contributed by atoms with Crippen LogP contribution in [-0.4, -0.2) is 42.5 Å². The fourth-order valence-electron chi connectivity index (χ4n) is 3.38. The van der Waals surface area contributed by atoms with Crippen LogP contribution in [0.3, 0.4) is 0 Å². The average Bonchev–Trinajstić information content (AvgIpc) is 2.73. The van der Waals surface area contributed by atoms with Crippen LogP contribution in [0.5, 0.6) is 0 Å². The van der Waals surface area contributed by atoms with Crippen LogP contribution in [0, 0.1) is 5.82 Å². The molecule has 0 radical (unpaired) electrons. The van der Waals surface area contributed by atoms with E-state index in [1.165, 1.54) is 12.1 Å². The van der Waals surface area contributed by atoms with Crippen molar-refractivity contribution in [1.82, 2.24) is 4.90 Å². The summed E-state index contributed by atoms with van der Waals surface area (Å²) in [6.45, 7) is 3.69. The van der Waals surface area contributed by atoms with E-state index >= 15 is 0 Å². The second kappa shape index (κ2) is 10.2. The van der Waals surface area contributed by atoms with Gasteiger partial charge in [-0.3, -0.25) is 9.59 Å². The highest BCUT2D eigenvalue weighted by Crippen LogP contribution is 2.16. The van der Waals surface area contributed by atoms with Crippen LogP contribution in [0.25, 0.3) is 0 Å². The van der Waals surface area contributed by atoms with E-state index in [1.54, 1.807) is 36.4 Å². The second-order valence-electron chi connectivity index (χ2n) is 7.38. The van der Waals surface area contributed by atoms with Crippen LogP contribution in [0.1, 0.15) is 42.1 Å². The summed E-state index contributed by atoms with van der Waals surface area (Å²) in [5.74, 6) is -0.301. The van der Waals surface area contributed by atoms with Gasteiger partial charge in [0.05, 0.1) is 19.3 Å². The Bertz CT molecular complexity index is 821. The van der Waals surface area contributed by atoms with Crippen molar-refractivity contribution in [2.75, 3.05) is 25.1 Å². The largest absolute Gasteiger partial charge is 0.377 e. The quantitative estimate of drug-likeness (QED) is 0.716. The maximum absolute atomic E-state index is 12.9. The molecule has 3 rings (SSSR count). The number of hydrogen-bond acceptors (Lipinski definition) is 3. The SMILES string of the molecule is CC1COCCN1C(=O)c1ccc(NC(=O)CCCCc2ccc(F)cc2)cc1. The molecule has 1 saturated heterocycles. The molecule has 1 atom stereocenters. The van der Waals surface area contributed by atoms with Gasteiger partial charge in [-0.1, -0.05) is 12.1 Å². The number of unbranched alkanes of at least 4 members (excludes halogenated alkanes) is 1. The lowest BCUT2D eigenvalue weighted by Crippen LogP contribution is -2.47. The molecule has 0 spiro atoms. The number of nitrogens with one attached hydrogen (secondary N) is 1. The maximum atomic E-state index is 12.9. The summed E-state index contributed by atoms with van der Waals surface area (Å²) in [4.78, 5) is 26.6. The van der Waals surface area contributed by atoms with Crippen molar-refractivity contribution in [1.29, 1.82) is 0 Å². The van der Waals surface area contributed by atoms with Crippen LogP contribution in [0.15, 0.2) is 48.5 Å². The normalized spacial score (nSPS) is 16.5. The fourth-order valence-corrected chi connectivity index (χ4v) is 3.38. The van der Waals surface area contributed by atoms with Crippen molar-refractivity contribution < 1.29 is 18.7 Å². The molecule has 2 aromatic rings. The molecule has 2 amide bonds. The van der Waals surface area contributed by atoms with E-state index < -0.39 is 0 Å². The third-order valence-electron chi connectivity index (χ3n) is 5.08. The number of nitrogens with zero attached hydrogens (tertiary/aromatic N) is 1. The van der Waals surface area contributed by atoms with Crippen LogP contribution in [-0.2, 0) is 16.0 Å². The fraction of sp³-hybridized carbons (Fsp3) is 0.391. The zero-order valence-electron chi connectivity index (χ0n) is 16.7. The minimum absolute atomic E-state index is 0.0144. The van der Waals surface area contributed by atoms with Gasteiger partial charge < -0.3 is 15.0 Å². The molecule has 1 fully saturated rings. The minimum Gasteiger partial charge on any atom is -0.377 e. The third-order valence-corrected chi connectivity index (χ3v) is 5.08. The number of halogens is 1. The molecule has 29 heavy (non-hydrogen) atoms. The Morgan fingerprint density at radius 2 is 1.83 bits per heavy atom. The topological polar surface area (TPSA) is 58.6 Å². The molecule has 0 aliphatic carbocycles. The van der Waals surface area contributed by atoms with E-state index in [0.29, 0.717) is 37.4 Å². The first-order valence-electron chi connectivity index (χ1n) is 10.1. The first kappa shape index (κ1) is 21.0. The van der Waals surface area contributed by atoms with Crippen molar-refractivity contribution in [3.05, 3.63) is 65.5 Å². The van der Waals surface area contributed by atoms with E-state index in [0.717, 1.165) is 24.8 Å². The number of benzene rings is 2. The molecule has 0 aromatic heterocycles. The molecule has 1 aliphatic heterocycles. The predicted molar refractivity (Wildman–Crippen MR) is 110 cm³/mol. The van der Waals surface area contributed by atoms with Gasteiger partial charge in [0.2, 0.25) is 5.91 Å². The number of rotatable bonds is 7. The van der Waals surface area contributed by atoms with E-state index in [1.807, 2.05) is 11.8 Å². The van der Waals surface area contributed by atoms with E-state index in [9.17, 15) is 14.0 Å². The first-order chi connectivity index (χ1) is 14.0. The smallest absolute Gasteiger partial charge is 0.254 e. The lowest BCUT2D eigenvalue weighted by molar-refractivity contribution is -0.116. The highest BCUT2D eigenvalue weighted by atomic mass is 19.1. The molecule has 0 bridgehead atoms. The maximum Gasteiger partial charge on any atom is 0.254 e. The lowest BCUT2D eigenvalue weighted by Gasteiger charge is -2.33. The van der Waals surface area contributed by atoms with E-state index in [-0.39, 0.29) is 23.7 Å². The van der Waals surface area contributed by atoms with Gasteiger partial charge in [0.15, 0.2) is 0 Å². The van der Waals surface area contributed by atoms with Crippen molar-refractivity contribution >= 4 is 17.5 Å². The Hall–Kier alpha value is -2.73. The first-order valence-corrected chi connectivity index (χ1v) is 10.1. The molecule has 154 valence electrons. The number of amides is 2. The Morgan fingerprint density at radius 3 is 2.52 bits per heavy atom. The highest BCUT2D eigenvalue weighted by Gasteiger charge is 2.24. The molecular formula is C23H27FN2O3. The zero-order chi connectivity index (χ0) is 20.6. The molecule has 1 unspecified atom stereocenters. The van der Waals surface area contributed by atoms with Gasteiger partial charge in [0.25, 0.3) is 5.91 Å². The monoisotopic (exact) mass is 398 g/mol. The molecular weight excluding hydrogens is 371 g/mol. The summed E-state index contributed by atoms with van der Waals surface area (Å²) in [6.07, 6.45) is 2.87. The van der Waals surface area contributed by atoms with Crippen LogP contribution in [0.4, 0.5) is 10.1 Å². The number of hydrogen-bond donors (Lipinski definition) is 1. The van der Waals surface area contributed by atoms with Gasteiger partial charge >= 0.3 is 0 Å². The van der Waals surface area contributed by atoms with E-state index in [2.05, 4.69) is 5.32 Å². The molecule has 1 aliphatic rings. The number of morpholine rings is 1. The number of aryl methyl sites for hydroxylation is 1. The van der Waals surface area contributed by atoms with Gasteiger partial charge in [-0.15, -0.1) is 0 Å². The van der Waals surface area contributed by atoms with Gasteiger partial charge in [-0.2, -0.15) is 0 Å². The van der Waals surface area contributed by atoms with Crippen molar-refractivity contribution in [2.24, 2.45) is 0 Å².